The zero-order chi connectivity index (χ0) is 11.0. The van der Waals surface area contributed by atoms with Gasteiger partial charge in [0.15, 0.2) is 5.82 Å². The molecule has 0 aliphatic heterocycles. The van der Waals surface area contributed by atoms with Crippen LogP contribution in [0.15, 0.2) is 4.52 Å². The van der Waals surface area contributed by atoms with Crippen LogP contribution in [0.4, 0.5) is 0 Å². The average molecular weight is 197 g/mol. The van der Waals surface area contributed by atoms with Gasteiger partial charge in [0.2, 0.25) is 5.89 Å². The summed E-state index contributed by atoms with van der Waals surface area (Å²) in [5, 5.41) is 3.86. The molecule has 1 aromatic rings. The van der Waals surface area contributed by atoms with Crippen LogP contribution in [0.1, 0.15) is 46.3 Å². The smallest absolute Gasteiger partial charge is 0.227 e. The van der Waals surface area contributed by atoms with Crippen molar-refractivity contribution in [1.82, 2.24) is 10.1 Å². The Morgan fingerprint density at radius 1 is 1.21 bits per heavy atom. The number of rotatable bonds is 2. The molecule has 0 saturated heterocycles. The molecular formula is C10H19N3O. The summed E-state index contributed by atoms with van der Waals surface area (Å²) in [6.07, 6.45) is 0.774. The Morgan fingerprint density at radius 3 is 2.14 bits per heavy atom. The highest BCUT2D eigenvalue weighted by molar-refractivity contribution is 4.99. The number of hydrogen-bond donors (Lipinski definition) is 1. The van der Waals surface area contributed by atoms with Crippen LogP contribution in [0.2, 0.25) is 0 Å². The van der Waals surface area contributed by atoms with Crippen LogP contribution in [0.3, 0.4) is 0 Å². The quantitative estimate of drug-likeness (QED) is 0.785. The van der Waals surface area contributed by atoms with Crippen LogP contribution < -0.4 is 5.73 Å². The molecule has 2 N–H and O–H groups in total. The van der Waals surface area contributed by atoms with E-state index in [0.717, 1.165) is 6.42 Å². The summed E-state index contributed by atoms with van der Waals surface area (Å²) in [5.41, 5.74) is 5.48. The lowest BCUT2D eigenvalue weighted by atomic mass is 9.92. The van der Waals surface area contributed by atoms with E-state index in [-0.39, 0.29) is 5.41 Å². The molecular weight excluding hydrogens is 178 g/mol. The summed E-state index contributed by atoms with van der Waals surface area (Å²) in [5.74, 6) is 1.22. The second-order valence-corrected chi connectivity index (χ2v) is 5.47. The molecule has 0 aliphatic rings. The van der Waals surface area contributed by atoms with E-state index in [0.29, 0.717) is 11.7 Å². The van der Waals surface area contributed by atoms with Crippen molar-refractivity contribution in [2.24, 2.45) is 11.1 Å². The molecule has 0 aromatic carbocycles. The molecule has 1 aromatic heterocycles. The van der Waals surface area contributed by atoms with Crippen molar-refractivity contribution >= 4 is 0 Å². The lowest BCUT2D eigenvalue weighted by molar-refractivity contribution is 0.309. The van der Waals surface area contributed by atoms with Crippen LogP contribution in [-0.2, 0) is 12.0 Å². The zero-order valence-electron chi connectivity index (χ0n) is 9.59. The van der Waals surface area contributed by atoms with Crippen molar-refractivity contribution in [3.63, 3.8) is 0 Å². The molecule has 0 unspecified atom stereocenters. The lowest BCUT2D eigenvalue weighted by Gasteiger charge is -2.14. The summed E-state index contributed by atoms with van der Waals surface area (Å²) < 4.78 is 5.13. The summed E-state index contributed by atoms with van der Waals surface area (Å²) in [6, 6.07) is 0. The molecule has 0 atom stereocenters. The van der Waals surface area contributed by atoms with E-state index < -0.39 is 5.54 Å². The molecule has 0 fully saturated rings. The first-order valence-corrected chi connectivity index (χ1v) is 4.80. The maximum atomic E-state index is 5.85. The fourth-order valence-electron chi connectivity index (χ4n) is 1.04. The Balaban J connectivity index is 2.79. The molecule has 0 amide bonds. The van der Waals surface area contributed by atoms with Gasteiger partial charge in [-0.15, -0.1) is 0 Å². The maximum Gasteiger partial charge on any atom is 0.227 e. The zero-order valence-corrected chi connectivity index (χ0v) is 9.59. The van der Waals surface area contributed by atoms with Crippen LogP contribution in [0.5, 0.6) is 0 Å². The predicted octanol–water partition coefficient (Wildman–Crippen LogP) is 1.85. The third-order valence-corrected chi connectivity index (χ3v) is 1.73. The van der Waals surface area contributed by atoms with Crippen molar-refractivity contribution in [3.05, 3.63) is 11.7 Å². The van der Waals surface area contributed by atoms with Gasteiger partial charge in [-0.3, -0.25) is 0 Å². The second kappa shape index (κ2) is 3.35. The fraction of sp³-hybridized carbons (Fsp3) is 0.800. The largest absolute Gasteiger partial charge is 0.339 e. The molecule has 4 nitrogen and oxygen atoms in total. The van der Waals surface area contributed by atoms with E-state index in [1.807, 2.05) is 13.8 Å². The van der Waals surface area contributed by atoms with Crippen molar-refractivity contribution in [2.75, 3.05) is 0 Å². The summed E-state index contributed by atoms with van der Waals surface area (Å²) >= 11 is 0. The number of aromatic nitrogens is 2. The van der Waals surface area contributed by atoms with Crippen molar-refractivity contribution in [2.45, 2.75) is 46.6 Å². The van der Waals surface area contributed by atoms with Gasteiger partial charge in [0.1, 0.15) is 0 Å². The Hall–Kier alpha value is -0.900. The minimum absolute atomic E-state index is 0.155. The van der Waals surface area contributed by atoms with Crippen LogP contribution in [0, 0.1) is 5.41 Å². The van der Waals surface area contributed by atoms with Gasteiger partial charge in [-0.05, 0) is 19.3 Å². The van der Waals surface area contributed by atoms with Crippen molar-refractivity contribution in [1.29, 1.82) is 0 Å². The van der Waals surface area contributed by atoms with E-state index in [1.54, 1.807) is 0 Å². The molecule has 14 heavy (non-hydrogen) atoms. The molecule has 80 valence electrons. The minimum Gasteiger partial charge on any atom is -0.339 e. The Kier molecular flexibility index (Phi) is 2.67. The normalized spacial score (nSPS) is 13.3. The number of nitrogens with two attached hydrogens (primary N) is 1. The molecule has 0 spiro atoms. The van der Waals surface area contributed by atoms with Gasteiger partial charge in [0.05, 0.1) is 5.54 Å². The minimum atomic E-state index is -0.528. The van der Waals surface area contributed by atoms with Crippen LogP contribution in [-0.4, -0.2) is 10.1 Å². The third-order valence-electron chi connectivity index (χ3n) is 1.73. The first kappa shape index (κ1) is 11.2. The number of hydrogen-bond acceptors (Lipinski definition) is 4. The molecule has 0 radical (unpaired) electrons. The van der Waals surface area contributed by atoms with Gasteiger partial charge in [0.25, 0.3) is 0 Å². The first-order valence-electron chi connectivity index (χ1n) is 4.80. The highest BCUT2D eigenvalue weighted by atomic mass is 16.5. The van der Waals surface area contributed by atoms with Gasteiger partial charge in [-0.25, -0.2) is 0 Å². The summed E-state index contributed by atoms with van der Waals surface area (Å²) in [6.45, 7) is 10.1. The van der Waals surface area contributed by atoms with Crippen LogP contribution >= 0.6 is 0 Å². The van der Waals surface area contributed by atoms with Gasteiger partial charge >= 0.3 is 0 Å². The van der Waals surface area contributed by atoms with E-state index in [9.17, 15) is 0 Å². The third kappa shape index (κ3) is 3.10. The summed E-state index contributed by atoms with van der Waals surface area (Å²) in [7, 11) is 0. The van der Waals surface area contributed by atoms with Crippen LogP contribution in [0.25, 0.3) is 0 Å². The van der Waals surface area contributed by atoms with Gasteiger partial charge in [-0.1, -0.05) is 25.9 Å². The lowest BCUT2D eigenvalue weighted by Crippen LogP contribution is -2.30. The maximum absolute atomic E-state index is 5.85. The van der Waals surface area contributed by atoms with Gasteiger partial charge in [-0.2, -0.15) is 4.98 Å². The second-order valence-electron chi connectivity index (χ2n) is 5.47. The molecule has 0 bridgehead atoms. The molecule has 4 heteroatoms. The van der Waals surface area contributed by atoms with Crippen molar-refractivity contribution in [3.8, 4) is 0 Å². The van der Waals surface area contributed by atoms with E-state index in [2.05, 4.69) is 30.9 Å². The standard InChI is InChI=1S/C10H19N3O/c1-9(2,3)6-7-12-8(13-14-7)10(4,5)11/h6,11H2,1-5H3. The van der Waals surface area contributed by atoms with E-state index in [1.165, 1.54) is 0 Å². The fourth-order valence-corrected chi connectivity index (χ4v) is 1.04. The molecule has 0 aliphatic carbocycles. The average Bonchev–Trinajstić information content (AvgIpc) is 2.29. The monoisotopic (exact) mass is 197 g/mol. The highest BCUT2D eigenvalue weighted by Gasteiger charge is 2.23. The predicted molar refractivity (Wildman–Crippen MR) is 54.7 cm³/mol. The van der Waals surface area contributed by atoms with Gasteiger partial charge in [0, 0.05) is 6.42 Å². The Morgan fingerprint density at radius 2 is 1.79 bits per heavy atom. The van der Waals surface area contributed by atoms with E-state index in [4.69, 9.17) is 10.3 Å². The SMILES string of the molecule is CC(C)(C)Cc1nc(C(C)(C)N)no1. The Bertz CT molecular complexity index is 304. The molecule has 1 rings (SSSR count). The van der Waals surface area contributed by atoms with E-state index >= 15 is 0 Å². The topological polar surface area (TPSA) is 64.9 Å². The summed E-state index contributed by atoms with van der Waals surface area (Å²) in [4.78, 5) is 4.26. The molecule has 0 saturated carbocycles. The first-order chi connectivity index (χ1) is 6.18. The number of nitrogens with zero attached hydrogens (tertiary/aromatic N) is 2. The van der Waals surface area contributed by atoms with Crippen molar-refractivity contribution < 1.29 is 4.52 Å². The van der Waals surface area contributed by atoms with Gasteiger partial charge < -0.3 is 10.3 Å². The highest BCUT2D eigenvalue weighted by Crippen LogP contribution is 2.21. The Labute approximate surface area is 84.9 Å². The molecule has 1 heterocycles.